The molecule has 5 rings (SSSR count). The molecule has 6 heteroatoms. The van der Waals surface area contributed by atoms with Crippen molar-refractivity contribution in [1.29, 1.82) is 0 Å². The van der Waals surface area contributed by atoms with Gasteiger partial charge in [0.1, 0.15) is 22.7 Å². The molecule has 31 heavy (non-hydrogen) atoms. The van der Waals surface area contributed by atoms with Gasteiger partial charge in [0.25, 0.3) is 0 Å². The van der Waals surface area contributed by atoms with Gasteiger partial charge in [0, 0.05) is 13.1 Å². The van der Waals surface area contributed by atoms with Gasteiger partial charge >= 0.3 is 0 Å². The second-order valence-electron chi connectivity index (χ2n) is 8.98. The molecule has 0 bridgehead atoms. The number of rotatable bonds is 4. The molecule has 2 aliphatic rings. The van der Waals surface area contributed by atoms with Gasteiger partial charge in [-0.05, 0) is 76.1 Å². The molecule has 0 amide bonds. The van der Waals surface area contributed by atoms with Crippen LogP contribution >= 0.6 is 0 Å². The number of piperidine rings is 2. The zero-order valence-corrected chi connectivity index (χ0v) is 17.9. The molecule has 164 valence electrons. The lowest BCUT2D eigenvalue weighted by Crippen LogP contribution is -2.29. The van der Waals surface area contributed by atoms with Crippen molar-refractivity contribution < 1.29 is 14.6 Å². The van der Waals surface area contributed by atoms with Crippen LogP contribution in [0.1, 0.15) is 49.7 Å². The van der Waals surface area contributed by atoms with Crippen molar-refractivity contribution in [1.82, 2.24) is 9.80 Å². The van der Waals surface area contributed by atoms with Crippen LogP contribution in [0.2, 0.25) is 0 Å². The fraction of sp³-hybridized carbons (Fsp3) is 0.480. The molecular weight excluding hydrogens is 392 g/mol. The Labute approximate surface area is 181 Å². The predicted octanol–water partition coefficient (Wildman–Crippen LogP) is 4.33. The van der Waals surface area contributed by atoms with E-state index in [0.29, 0.717) is 46.2 Å². The van der Waals surface area contributed by atoms with Crippen molar-refractivity contribution in [2.45, 2.75) is 51.6 Å². The van der Waals surface area contributed by atoms with E-state index in [0.717, 1.165) is 51.9 Å². The normalized spacial score (nSPS) is 18.7. The fourth-order valence-corrected chi connectivity index (χ4v) is 5.06. The van der Waals surface area contributed by atoms with E-state index in [4.69, 9.17) is 4.42 Å². The van der Waals surface area contributed by atoms with E-state index in [1.807, 2.05) is 0 Å². The maximum absolute atomic E-state index is 13.3. The lowest BCUT2D eigenvalue weighted by Gasteiger charge is -2.27. The van der Waals surface area contributed by atoms with Crippen molar-refractivity contribution in [3.8, 4) is 11.5 Å². The standard InChI is InChI=1S/C25H30N2O4/c28-21-9-7-17-23(30)18-8-10-22(29)20(16-27-13-5-2-6-14-27)25(18)31-24(17)19(21)15-26-11-3-1-4-12-26/h7-10,28-29H,1-6,11-16H2. The van der Waals surface area contributed by atoms with Gasteiger partial charge in [-0.15, -0.1) is 0 Å². The van der Waals surface area contributed by atoms with E-state index >= 15 is 0 Å². The van der Waals surface area contributed by atoms with Crippen LogP contribution < -0.4 is 5.43 Å². The molecule has 2 fully saturated rings. The second-order valence-corrected chi connectivity index (χ2v) is 8.98. The number of nitrogens with zero attached hydrogens (tertiary/aromatic N) is 2. The largest absolute Gasteiger partial charge is 0.507 e. The molecule has 2 aromatic carbocycles. The summed E-state index contributed by atoms with van der Waals surface area (Å²) >= 11 is 0. The third-order valence-electron chi connectivity index (χ3n) is 6.83. The highest BCUT2D eigenvalue weighted by atomic mass is 16.3. The molecule has 0 atom stereocenters. The molecule has 0 radical (unpaired) electrons. The SMILES string of the molecule is O=c1c2ccc(O)c(CN3CCCCC3)c2oc2c(CN3CCCCC3)c(O)ccc12. The van der Waals surface area contributed by atoms with Crippen LogP contribution in [0.15, 0.2) is 33.5 Å². The monoisotopic (exact) mass is 422 g/mol. The molecule has 3 heterocycles. The predicted molar refractivity (Wildman–Crippen MR) is 122 cm³/mol. The Morgan fingerprint density at radius 2 is 1.10 bits per heavy atom. The molecule has 2 N–H and O–H groups in total. The lowest BCUT2D eigenvalue weighted by molar-refractivity contribution is 0.218. The van der Waals surface area contributed by atoms with Crippen molar-refractivity contribution >= 4 is 21.9 Å². The molecule has 0 spiro atoms. The second kappa shape index (κ2) is 8.52. The quantitative estimate of drug-likeness (QED) is 0.610. The van der Waals surface area contributed by atoms with Gasteiger partial charge in [0.05, 0.1) is 21.9 Å². The molecule has 3 aromatic rings. The Hall–Kier alpha value is -2.57. The minimum absolute atomic E-state index is 0.115. The average molecular weight is 423 g/mol. The van der Waals surface area contributed by atoms with Crippen LogP contribution in [0.3, 0.4) is 0 Å². The number of fused-ring (bicyclic) bond motifs is 2. The van der Waals surface area contributed by atoms with Crippen molar-refractivity contribution in [2.75, 3.05) is 26.2 Å². The third-order valence-corrected chi connectivity index (χ3v) is 6.83. The van der Waals surface area contributed by atoms with Crippen molar-refractivity contribution in [3.05, 3.63) is 45.6 Å². The average Bonchev–Trinajstić information content (AvgIpc) is 2.79. The number of likely N-dealkylation sites (tertiary alicyclic amines) is 2. The first kappa shape index (κ1) is 20.3. The van der Waals surface area contributed by atoms with Gasteiger partial charge < -0.3 is 14.6 Å². The summed E-state index contributed by atoms with van der Waals surface area (Å²) in [4.78, 5) is 18.0. The fourth-order valence-electron chi connectivity index (χ4n) is 5.06. The summed E-state index contributed by atoms with van der Waals surface area (Å²) in [6.45, 7) is 5.03. The zero-order valence-electron chi connectivity index (χ0n) is 17.9. The van der Waals surface area contributed by atoms with Crippen LogP contribution in [0.25, 0.3) is 21.9 Å². The highest BCUT2D eigenvalue weighted by Gasteiger charge is 2.22. The molecule has 6 nitrogen and oxygen atoms in total. The van der Waals surface area contributed by atoms with E-state index in [9.17, 15) is 15.0 Å². The van der Waals surface area contributed by atoms with E-state index in [2.05, 4.69) is 9.80 Å². The highest BCUT2D eigenvalue weighted by Crippen LogP contribution is 2.34. The Kier molecular flexibility index (Phi) is 5.59. The first-order valence-corrected chi connectivity index (χ1v) is 11.5. The number of hydrogen-bond acceptors (Lipinski definition) is 6. The maximum Gasteiger partial charge on any atom is 0.200 e. The molecule has 0 aliphatic carbocycles. The maximum atomic E-state index is 13.3. The van der Waals surface area contributed by atoms with E-state index < -0.39 is 0 Å². The van der Waals surface area contributed by atoms with Gasteiger partial charge in [0.15, 0.2) is 0 Å². The van der Waals surface area contributed by atoms with E-state index in [1.165, 1.54) is 12.8 Å². The molecular formula is C25H30N2O4. The Balaban J connectivity index is 1.66. The van der Waals surface area contributed by atoms with Gasteiger partial charge in [-0.1, -0.05) is 12.8 Å². The highest BCUT2D eigenvalue weighted by molar-refractivity contribution is 5.94. The van der Waals surface area contributed by atoms with Gasteiger partial charge in [-0.2, -0.15) is 0 Å². The molecule has 2 aliphatic heterocycles. The number of phenolic OH excluding ortho intramolecular Hbond substituents is 2. The summed E-state index contributed by atoms with van der Waals surface area (Å²) in [7, 11) is 0. The summed E-state index contributed by atoms with van der Waals surface area (Å²) in [5.41, 5.74) is 2.08. The summed E-state index contributed by atoms with van der Waals surface area (Å²) < 4.78 is 6.36. The summed E-state index contributed by atoms with van der Waals surface area (Å²) in [6.07, 6.45) is 7.05. The molecule has 2 saturated heterocycles. The zero-order chi connectivity index (χ0) is 21.4. The Morgan fingerprint density at radius 3 is 1.52 bits per heavy atom. The van der Waals surface area contributed by atoms with E-state index in [-0.39, 0.29) is 16.9 Å². The first-order valence-electron chi connectivity index (χ1n) is 11.5. The molecule has 0 unspecified atom stereocenters. The van der Waals surface area contributed by atoms with Crippen molar-refractivity contribution in [3.63, 3.8) is 0 Å². The molecule has 0 saturated carbocycles. The van der Waals surface area contributed by atoms with Crippen LogP contribution in [0.5, 0.6) is 11.5 Å². The van der Waals surface area contributed by atoms with Gasteiger partial charge in [-0.3, -0.25) is 14.6 Å². The number of hydrogen-bond donors (Lipinski definition) is 2. The van der Waals surface area contributed by atoms with Gasteiger partial charge in [-0.25, -0.2) is 0 Å². The lowest BCUT2D eigenvalue weighted by atomic mass is 10.0. The summed E-state index contributed by atoms with van der Waals surface area (Å²) in [5, 5.41) is 22.2. The number of benzene rings is 2. The van der Waals surface area contributed by atoms with Crippen LogP contribution in [0.4, 0.5) is 0 Å². The number of phenols is 2. The summed E-state index contributed by atoms with van der Waals surface area (Å²) in [5.74, 6) is 0.302. The smallest absolute Gasteiger partial charge is 0.200 e. The first-order chi connectivity index (χ1) is 15.1. The Bertz CT molecular complexity index is 1070. The van der Waals surface area contributed by atoms with Crippen LogP contribution in [0, 0.1) is 0 Å². The minimum Gasteiger partial charge on any atom is -0.507 e. The Morgan fingerprint density at radius 1 is 0.677 bits per heavy atom. The van der Waals surface area contributed by atoms with Gasteiger partial charge in [0.2, 0.25) is 5.43 Å². The topological polar surface area (TPSA) is 77.2 Å². The summed E-state index contributed by atoms with van der Waals surface area (Å²) in [6, 6.07) is 6.48. The number of aromatic hydroxyl groups is 2. The van der Waals surface area contributed by atoms with E-state index in [1.54, 1.807) is 24.3 Å². The molecule has 1 aromatic heterocycles. The van der Waals surface area contributed by atoms with Crippen LogP contribution in [-0.2, 0) is 13.1 Å². The van der Waals surface area contributed by atoms with Crippen molar-refractivity contribution in [2.24, 2.45) is 0 Å². The minimum atomic E-state index is -0.115. The third kappa shape index (κ3) is 3.90. The van der Waals surface area contributed by atoms with Crippen LogP contribution in [-0.4, -0.2) is 46.2 Å².